The molecule has 2 N–H and O–H groups in total. The molecule has 108 valence electrons. The molecule has 1 aromatic rings. The van der Waals surface area contributed by atoms with Crippen LogP contribution in [-0.2, 0) is 20.8 Å². The lowest BCUT2D eigenvalue weighted by Gasteiger charge is -2.21. The minimum atomic E-state index is -0.507. The molecule has 0 bridgehead atoms. The van der Waals surface area contributed by atoms with Crippen LogP contribution in [0, 0.1) is 11.8 Å². The number of carbonyl (C=O) groups is 1. The SMILES string of the molecule is O=C(NCc1cc(C#CCCO)cs1)C1COCCO1. The molecule has 1 aromatic heterocycles. The minimum absolute atomic E-state index is 0.0729. The Kier molecular flexibility index (Phi) is 6.02. The predicted molar refractivity (Wildman–Crippen MR) is 75.3 cm³/mol. The molecule has 0 radical (unpaired) electrons. The van der Waals surface area contributed by atoms with Gasteiger partial charge in [0.1, 0.15) is 0 Å². The average molecular weight is 295 g/mol. The van der Waals surface area contributed by atoms with Crippen molar-refractivity contribution >= 4 is 17.2 Å². The van der Waals surface area contributed by atoms with Gasteiger partial charge in [0.2, 0.25) is 0 Å². The number of aliphatic hydroxyl groups is 1. The third-order valence-corrected chi connectivity index (χ3v) is 3.61. The Morgan fingerprint density at radius 1 is 1.55 bits per heavy atom. The summed E-state index contributed by atoms with van der Waals surface area (Å²) in [6.45, 7) is 1.86. The van der Waals surface area contributed by atoms with Crippen LogP contribution < -0.4 is 5.32 Å². The number of hydrogen-bond acceptors (Lipinski definition) is 5. The van der Waals surface area contributed by atoms with E-state index in [1.165, 1.54) is 0 Å². The third-order valence-electron chi connectivity index (χ3n) is 2.67. The molecule has 1 unspecified atom stereocenters. The zero-order valence-corrected chi connectivity index (χ0v) is 11.9. The molecule has 1 atom stereocenters. The predicted octanol–water partition coefficient (Wildman–Crippen LogP) is 0.514. The first-order valence-electron chi connectivity index (χ1n) is 6.44. The molecule has 1 fully saturated rings. The van der Waals surface area contributed by atoms with Crippen molar-refractivity contribution < 1.29 is 19.4 Å². The molecular weight excluding hydrogens is 278 g/mol. The fourth-order valence-corrected chi connectivity index (χ4v) is 2.44. The number of thiophene rings is 1. The van der Waals surface area contributed by atoms with E-state index in [4.69, 9.17) is 14.6 Å². The van der Waals surface area contributed by atoms with E-state index in [9.17, 15) is 4.79 Å². The van der Waals surface area contributed by atoms with Gasteiger partial charge in [0.05, 0.1) is 33.0 Å². The van der Waals surface area contributed by atoms with E-state index >= 15 is 0 Å². The smallest absolute Gasteiger partial charge is 0.251 e. The van der Waals surface area contributed by atoms with E-state index in [0.29, 0.717) is 32.8 Å². The molecule has 1 saturated heterocycles. The second kappa shape index (κ2) is 8.02. The molecule has 2 heterocycles. The summed E-state index contributed by atoms with van der Waals surface area (Å²) in [7, 11) is 0. The van der Waals surface area contributed by atoms with Crippen molar-refractivity contribution in [2.45, 2.75) is 19.1 Å². The van der Waals surface area contributed by atoms with Crippen molar-refractivity contribution in [3.63, 3.8) is 0 Å². The van der Waals surface area contributed by atoms with Gasteiger partial charge in [0.15, 0.2) is 6.10 Å². The van der Waals surface area contributed by atoms with Gasteiger partial charge in [-0.1, -0.05) is 11.8 Å². The fourth-order valence-electron chi connectivity index (χ4n) is 1.69. The Morgan fingerprint density at radius 3 is 3.20 bits per heavy atom. The van der Waals surface area contributed by atoms with E-state index in [1.54, 1.807) is 11.3 Å². The molecule has 6 heteroatoms. The van der Waals surface area contributed by atoms with Crippen LogP contribution in [0.1, 0.15) is 16.9 Å². The van der Waals surface area contributed by atoms with Gasteiger partial charge in [0, 0.05) is 22.2 Å². The first-order valence-corrected chi connectivity index (χ1v) is 7.32. The lowest BCUT2D eigenvalue weighted by molar-refractivity contribution is -0.147. The normalized spacial score (nSPS) is 18.1. The van der Waals surface area contributed by atoms with Crippen molar-refractivity contribution in [3.05, 3.63) is 21.9 Å². The van der Waals surface area contributed by atoms with Crippen molar-refractivity contribution in [1.82, 2.24) is 5.32 Å². The van der Waals surface area contributed by atoms with Crippen molar-refractivity contribution in [2.75, 3.05) is 26.4 Å². The van der Waals surface area contributed by atoms with Gasteiger partial charge in [0.25, 0.3) is 5.91 Å². The number of amides is 1. The van der Waals surface area contributed by atoms with E-state index in [0.717, 1.165) is 10.4 Å². The zero-order valence-electron chi connectivity index (χ0n) is 11.1. The largest absolute Gasteiger partial charge is 0.395 e. The Morgan fingerprint density at radius 2 is 2.45 bits per heavy atom. The minimum Gasteiger partial charge on any atom is -0.395 e. The van der Waals surface area contributed by atoms with Crippen LogP contribution in [0.15, 0.2) is 11.4 Å². The van der Waals surface area contributed by atoms with Crippen LogP contribution in [0.2, 0.25) is 0 Å². The summed E-state index contributed by atoms with van der Waals surface area (Å²) in [5.41, 5.74) is 0.907. The van der Waals surface area contributed by atoms with Gasteiger partial charge < -0.3 is 19.9 Å². The lowest BCUT2D eigenvalue weighted by atomic mass is 10.3. The highest BCUT2D eigenvalue weighted by molar-refractivity contribution is 7.10. The molecule has 1 amide bonds. The molecule has 0 saturated carbocycles. The number of hydrogen-bond donors (Lipinski definition) is 2. The zero-order chi connectivity index (χ0) is 14.2. The quantitative estimate of drug-likeness (QED) is 0.795. The van der Waals surface area contributed by atoms with Gasteiger partial charge in [-0.2, -0.15) is 0 Å². The summed E-state index contributed by atoms with van der Waals surface area (Å²) in [5.74, 6) is 5.68. The van der Waals surface area contributed by atoms with Gasteiger partial charge in [-0.3, -0.25) is 4.79 Å². The van der Waals surface area contributed by atoms with Crippen LogP contribution in [0.5, 0.6) is 0 Å². The summed E-state index contributed by atoms with van der Waals surface area (Å²) in [6.07, 6.45) is -0.0338. The fraction of sp³-hybridized carbons (Fsp3) is 0.500. The van der Waals surface area contributed by atoms with Crippen LogP contribution in [0.4, 0.5) is 0 Å². The number of aliphatic hydroxyl groups excluding tert-OH is 1. The third kappa shape index (κ3) is 4.62. The molecule has 1 aliphatic heterocycles. The van der Waals surface area contributed by atoms with Gasteiger partial charge in [-0.15, -0.1) is 11.3 Å². The lowest BCUT2D eigenvalue weighted by Crippen LogP contribution is -2.42. The summed E-state index contributed by atoms with van der Waals surface area (Å²) < 4.78 is 10.5. The molecule has 1 aliphatic rings. The Balaban J connectivity index is 1.79. The van der Waals surface area contributed by atoms with Crippen molar-refractivity contribution in [1.29, 1.82) is 0 Å². The summed E-state index contributed by atoms with van der Waals surface area (Å²) in [4.78, 5) is 12.9. The highest BCUT2D eigenvalue weighted by atomic mass is 32.1. The second-order valence-electron chi connectivity index (χ2n) is 4.23. The monoisotopic (exact) mass is 295 g/mol. The van der Waals surface area contributed by atoms with Crippen LogP contribution >= 0.6 is 11.3 Å². The standard InChI is InChI=1S/C14H17NO4S/c16-4-2-1-3-11-7-12(20-10-11)8-15-14(17)13-9-18-5-6-19-13/h7,10,13,16H,2,4-6,8-9H2,(H,15,17). The van der Waals surface area contributed by atoms with E-state index < -0.39 is 6.10 Å². The van der Waals surface area contributed by atoms with Crippen LogP contribution in [0.3, 0.4) is 0 Å². The Labute approximate surface area is 121 Å². The maximum absolute atomic E-state index is 11.8. The Bertz CT molecular complexity index is 497. The van der Waals surface area contributed by atoms with E-state index in [-0.39, 0.29) is 12.5 Å². The number of ether oxygens (including phenoxy) is 2. The number of rotatable bonds is 4. The van der Waals surface area contributed by atoms with Gasteiger partial charge in [-0.25, -0.2) is 0 Å². The summed E-state index contributed by atoms with van der Waals surface area (Å²) in [5, 5.41) is 13.4. The highest BCUT2D eigenvalue weighted by Gasteiger charge is 2.22. The number of nitrogens with one attached hydrogen (secondary N) is 1. The number of carbonyl (C=O) groups excluding carboxylic acids is 1. The first kappa shape index (κ1) is 15.0. The highest BCUT2D eigenvalue weighted by Crippen LogP contribution is 2.13. The van der Waals surface area contributed by atoms with Gasteiger partial charge in [-0.05, 0) is 6.07 Å². The molecule has 0 aromatic carbocycles. The molecule has 0 spiro atoms. The molecular formula is C14H17NO4S. The van der Waals surface area contributed by atoms with Crippen LogP contribution in [-0.4, -0.2) is 43.5 Å². The molecule has 0 aliphatic carbocycles. The van der Waals surface area contributed by atoms with E-state index in [1.807, 2.05) is 11.4 Å². The molecule has 2 rings (SSSR count). The molecule has 20 heavy (non-hydrogen) atoms. The molecule has 5 nitrogen and oxygen atoms in total. The first-order chi connectivity index (χ1) is 9.79. The maximum atomic E-state index is 11.8. The topological polar surface area (TPSA) is 67.8 Å². The summed E-state index contributed by atoms with van der Waals surface area (Å²) >= 11 is 1.54. The van der Waals surface area contributed by atoms with Crippen LogP contribution in [0.25, 0.3) is 0 Å². The second-order valence-corrected chi connectivity index (χ2v) is 5.23. The summed E-state index contributed by atoms with van der Waals surface area (Å²) in [6, 6.07) is 1.94. The Hall–Kier alpha value is -1.39. The maximum Gasteiger partial charge on any atom is 0.251 e. The van der Waals surface area contributed by atoms with Crippen molar-refractivity contribution in [2.24, 2.45) is 0 Å². The average Bonchev–Trinajstić information content (AvgIpc) is 2.94. The van der Waals surface area contributed by atoms with Crippen molar-refractivity contribution in [3.8, 4) is 11.8 Å². The van der Waals surface area contributed by atoms with Gasteiger partial charge >= 0.3 is 0 Å². The van der Waals surface area contributed by atoms with E-state index in [2.05, 4.69) is 17.2 Å².